The van der Waals surface area contributed by atoms with E-state index < -0.39 is 24.0 Å². The largest absolute Gasteiger partial charge is 0.463 e. The number of fused-ring (bicyclic) bond motifs is 1. The minimum atomic E-state index is -0.549. The zero-order chi connectivity index (χ0) is 20.1. The number of urea groups is 1. The summed E-state index contributed by atoms with van der Waals surface area (Å²) in [5.41, 5.74) is 2.55. The van der Waals surface area contributed by atoms with Crippen molar-refractivity contribution in [1.82, 2.24) is 15.6 Å². The van der Waals surface area contributed by atoms with Crippen molar-refractivity contribution in [3.63, 3.8) is 0 Å². The molecule has 0 saturated carbocycles. The minimum absolute atomic E-state index is 0.186. The van der Waals surface area contributed by atoms with Crippen LogP contribution in [0.1, 0.15) is 25.8 Å². The van der Waals surface area contributed by atoms with Gasteiger partial charge in [-0.3, -0.25) is 4.79 Å². The van der Waals surface area contributed by atoms with Gasteiger partial charge < -0.3 is 25.1 Å². The van der Waals surface area contributed by atoms with Crippen molar-refractivity contribution in [2.45, 2.75) is 32.7 Å². The summed E-state index contributed by atoms with van der Waals surface area (Å²) in [6, 6.07) is 6.87. The first-order valence-electron chi connectivity index (χ1n) is 9.18. The van der Waals surface area contributed by atoms with Crippen LogP contribution in [0.25, 0.3) is 10.9 Å². The van der Waals surface area contributed by atoms with E-state index in [1.165, 1.54) is 0 Å². The highest BCUT2D eigenvalue weighted by Crippen LogP contribution is 2.19. The molecule has 1 aliphatic rings. The SMILES string of the molecule is CCOC(=O)C1=C(COC(=O)CCc2c[nH]c3ccccc23)NC(=O)NC1C. The van der Waals surface area contributed by atoms with Crippen molar-refractivity contribution < 1.29 is 23.9 Å². The van der Waals surface area contributed by atoms with E-state index in [2.05, 4.69) is 15.6 Å². The molecule has 0 bridgehead atoms. The summed E-state index contributed by atoms with van der Waals surface area (Å²) in [6.07, 6.45) is 2.59. The van der Waals surface area contributed by atoms with Crippen LogP contribution < -0.4 is 10.6 Å². The second kappa shape index (κ2) is 8.60. The number of rotatable bonds is 7. The number of esters is 2. The molecule has 0 fully saturated rings. The van der Waals surface area contributed by atoms with E-state index in [1.54, 1.807) is 13.8 Å². The zero-order valence-corrected chi connectivity index (χ0v) is 15.8. The molecule has 3 rings (SSSR count). The van der Waals surface area contributed by atoms with Gasteiger partial charge in [-0.25, -0.2) is 9.59 Å². The Morgan fingerprint density at radius 3 is 2.75 bits per heavy atom. The monoisotopic (exact) mass is 385 g/mol. The number of carbonyl (C=O) groups is 3. The summed E-state index contributed by atoms with van der Waals surface area (Å²) in [7, 11) is 0. The predicted molar refractivity (Wildman–Crippen MR) is 102 cm³/mol. The molecule has 8 heteroatoms. The Balaban J connectivity index is 1.62. The molecule has 1 unspecified atom stereocenters. The molecule has 0 saturated heterocycles. The number of carbonyl (C=O) groups excluding carboxylic acids is 3. The Bertz CT molecular complexity index is 931. The molecule has 1 aromatic carbocycles. The number of aromatic amines is 1. The Kier molecular flexibility index (Phi) is 5.98. The fourth-order valence-corrected chi connectivity index (χ4v) is 3.19. The number of hydrogen-bond donors (Lipinski definition) is 3. The van der Waals surface area contributed by atoms with Crippen LogP contribution in [0.15, 0.2) is 41.7 Å². The van der Waals surface area contributed by atoms with Crippen molar-refractivity contribution in [1.29, 1.82) is 0 Å². The van der Waals surface area contributed by atoms with Crippen molar-refractivity contribution in [2.75, 3.05) is 13.2 Å². The lowest BCUT2D eigenvalue weighted by Gasteiger charge is -2.26. The van der Waals surface area contributed by atoms with E-state index in [0.717, 1.165) is 16.5 Å². The van der Waals surface area contributed by atoms with E-state index in [9.17, 15) is 14.4 Å². The summed E-state index contributed by atoms with van der Waals surface area (Å²) < 4.78 is 10.3. The molecule has 8 nitrogen and oxygen atoms in total. The number of para-hydroxylation sites is 1. The molecule has 1 atom stereocenters. The highest BCUT2D eigenvalue weighted by atomic mass is 16.5. The standard InChI is InChI=1S/C20H23N3O5/c1-3-27-19(25)18-12(2)22-20(26)23-16(18)11-28-17(24)9-8-13-10-21-15-7-5-4-6-14(13)15/h4-7,10,12,21H,3,8-9,11H2,1-2H3,(H2,22,23,26). The maximum Gasteiger partial charge on any atom is 0.338 e. The third-order valence-electron chi connectivity index (χ3n) is 4.52. The lowest BCUT2D eigenvalue weighted by molar-refractivity contribution is -0.143. The molecule has 1 aliphatic heterocycles. The van der Waals surface area contributed by atoms with Gasteiger partial charge in [0.15, 0.2) is 0 Å². The molecule has 28 heavy (non-hydrogen) atoms. The second-order valence-electron chi connectivity index (χ2n) is 6.45. The van der Waals surface area contributed by atoms with Crippen LogP contribution in [0.4, 0.5) is 4.79 Å². The first-order valence-corrected chi connectivity index (χ1v) is 9.18. The van der Waals surface area contributed by atoms with Gasteiger partial charge in [0.05, 0.1) is 23.9 Å². The lowest BCUT2D eigenvalue weighted by atomic mass is 10.0. The molecule has 2 aromatic rings. The van der Waals surface area contributed by atoms with Crippen LogP contribution in [0.5, 0.6) is 0 Å². The molecule has 3 N–H and O–H groups in total. The third-order valence-corrected chi connectivity index (χ3v) is 4.52. The van der Waals surface area contributed by atoms with Gasteiger partial charge >= 0.3 is 18.0 Å². The Morgan fingerprint density at radius 1 is 1.18 bits per heavy atom. The average molecular weight is 385 g/mol. The Hall–Kier alpha value is -3.29. The molecule has 0 aliphatic carbocycles. The normalized spacial score (nSPS) is 16.5. The fraction of sp³-hybridized carbons (Fsp3) is 0.350. The summed E-state index contributed by atoms with van der Waals surface area (Å²) in [5.74, 6) is -0.964. The van der Waals surface area contributed by atoms with Gasteiger partial charge in [-0.2, -0.15) is 0 Å². The highest BCUT2D eigenvalue weighted by molar-refractivity contribution is 5.94. The van der Waals surface area contributed by atoms with Crippen LogP contribution in [0, 0.1) is 0 Å². The molecule has 1 aromatic heterocycles. The van der Waals surface area contributed by atoms with Crippen molar-refractivity contribution in [2.24, 2.45) is 0 Å². The topological polar surface area (TPSA) is 110 Å². The minimum Gasteiger partial charge on any atom is -0.463 e. The summed E-state index contributed by atoms with van der Waals surface area (Å²) in [6.45, 7) is 3.38. The van der Waals surface area contributed by atoms with E-state index in [0.29, 0.717) is 6.42 Å². The second-order valence-corrected chi connectivity index (χ2v) is 6.45. The molecular formula is C20H23N3O5. The number of nitrogens with one attached hydrogen (secondary N) is 3. The Labute approximate surface area is 162 Å². The molecule has 0 spiro atoms. The molecular weight excluding hydrogens is 362 g/mol. The number of ether oxygens (including phenoxy) is 2. The molecule has 2 heterocycles. The average Bonchev–Trinajstić information content (AvgIpc) is 3.07. The van der Waals surface area contributed by atoms with E-state index in [-0.39, 0.29) is 30.9 Å². The summed E-state index contributed by atoms with van der Waals surface area (Å²) in [4.78, 5) is 39.2. The number of aryl methyl sites for hydroxylation is 1. The van der Waals surface area contributed by atoms with Crippen molar-refractivity contribution in [3.05, 3.63) is 47.3 Å². The number of hydrogen-bond acceptors (Lipinski definition) is 5. The quantitative estimate of drug-likeness (QED) is 0.633. The van der Waals surface area contributed by atoms with Gasteiger partial charge in [-0.05, 0) is 31.9 Å². The highest BCUT2D eigenvalue weighted by Gasteiger charge is 2.30. The summed E-state index contributed by atoms with van der Waals surface area (Å²) in [5, 5.41) is 6.20. The smallest absolute Gasteiger partial charge is 0.338 e. The number of aromatic nitrogens is 1. The van der Waals surface area contributed by atoms with Gasteiger partial charge in [0.2, 0.25) is 0 Å². The van der Waals surface area contributed by atoms with Gasteiger partial charge in [-0.1, -0.05) is 18.2 Å². The van der Waals surface area contributed by atoms with Gasteiger partial charge in [0.25, 0.3) is 0 Å². The van der Waals surface area contributed by atoms with E-state index in [4.69, 9.17) is 9.47 Å². The fourth-order valence-electron chi connectivity index (χ4n) is 3.19. The molecule has 2 amide bonds. The van der Waals surface area contributed by atoms with Gasteiger partial charge in [0, 0.05) is 23.5 Å². The third kappa shape index (κ3) is 4.33. The number of H-pyrrole nitrogens is 1. The number of benzene rings is 1. The maximum absolute atomic E-state index is 12.2. The first kappa shape index (κ1) is 19.5. The number of amides is 2. The van der Waals surface area contributed by atoms with E-state index >= 15 is 0 Å². The molecule has 0 radical (unpaired) electrons. The van der Waals surface area contributed by atoms with Crippen LogP contribution in [-0.2, 0) is 25.5 Å². The van der Waals surface area contributed by atoms with Crippen LogP contribution in [0.2, 0.25) is 0 Å². The van der Waals surface area contributed by atoms with Crippen molar-refractivity contribution in [3.8, 4) is 0 Å². The van der Waals surface area contributed by atoms with Crippen LogP contribution >= 0.6 is 0 Å². The summed E-state index contributed by atoms with van der Waals surface area (Å²) >= 11 is 0. The Morgan fingerprint density at radius 2 is 1.96 bits per heavy atom. The molecule has 148 valence electrons. The van der Waals surface area contributed by atoms with Gasteiger partial charge in [-0.15, -0.1) is 0 Å². The van der Waals surface area contributed by atoms with E-state index in [1.807, 2.05) is 30.5 Å². The first-order chi connectivity index (χ1) is 13.5. The predicted octanol–water partition coefficient (Wildman–Crippen LogP) is 2.16. The van der Waals surface area contributed by atoms with Crippen molar-refractivity contribution >= 4 is 28.9 Å². The van der Waals surface area contributed by atoms with Crippen LogP contribution in [0.3, 0.4) is 0 Å². The maximum atomic E-state index is 12.2. The van der Waals surface area contributed by atoms with Crippen LogP contribution in [-0.4, -0.2) is 42.2 Å². The zero-order valence-electron chi connectivity index (χ0n) is 15.8. The van der Waals surface area contributed by atoms with Gasteiger partial charge in [0.1, 0.15) is 6.61 Å². The lowest BCUT2D eigenvalue weighted by Crippen LogP contribution is -2.50.